The second-order valence-corrected chi connectivity index (χ2v) is 4.19. The van der Waals surface area contributed by atoms with Crippen LogP contribution in [0.25, 0.3) is 0 Å². The summed E-state index contributed by atoms with van der Waals surface area (Å²) < 4.78 is 5.23. The summed E-state index contributed by atoms with van der Waals surface area (Å²) in [5, 5.41) is 12.0. The molecule has 0 aromatic carbocycles. The lowest BCUT2D eigenvalue weighted by Crippen LogP contribution is -2.45. The minimum atomic E-state index is -0.544. The zero-order valence-corrected chi connectivity index (χ0v) is 10.8. The van der Waals surface area contributed by atoms with Gasteiger partial charge in [0.25, 0.3) is 5.91 Å². The van der Waals surface area contributed by atoms with Gasteiger partial charge in [0, 0.05) is 25.5 Å². The Balaban J connectivity index is 2.17. The predicted molar refractivity (Wildman–Crippen MR) is 69.7 cm³/mol. The normalized spacial score (nSPS) is 18.7. The van der Waals surface area contributed by atoms with Crippen molar-refractivity contribution in [3.05, 3.63) is 24.0 Å². The quantitative estimate of drug-likeness (QED) is 0.872. The number of hydrogen-bond acceptors (Lipinski definition) is 5. The van der Waals surface area contributed by atoms with Gasteiger partial charge in [0.05, 0.1) is 30.5 Å². The maximum atomic E-state index is 12.4. The lowest BCUT2D eigenvalue weighted by atomic mass is 10.2. The molecule has 0 radical (unpaired) electrons. The van der Waals surface area contributed by atoms with E-state index in [1.807, 2.05) is 13.0 Å². The smallest absolute Gasteiger partial charge is 0.257 e. The molecule has 100 valence electrons. The van der Waals surface area contributed by atoms with E-state index in [0.717, 1.165) is 12.2 Å². The molecule has 1 aliphatic rings. The molecule has 0 spiro atoms. The number of rotatable bonds is 3. The predicted octanol–water partition coefficient (Wildman–Crippen LogP) is 0.878. The van der Waals surface area contributed by atoms with Crippen molar-refractivity contribution in [2.75, 3.05) is 31.6 Å². The molecule has 1 atom stereocenters. The highest BCUT2D eigenvalue weighted by atomic mass is 16.5. The Hall–Kier alpha value is -2.13. The number of carbonyl (C=O) groups is 1. The summed E-state index contributed by atoms with van der Waals surface area (Å²) in [5.41, 5.74) is 1.30. The van der Waals surface area contributed by atoms with Gasteiger partial charge in [0.15, 0.2) is 6.10 Å². The van der Waals surface area contributed by atoms with Crippen LogP contribution >= 0.6 is 0 Å². The largest absolute Gasteiger partial charge is 0.385 e. The Morgan fingerprint density at radius 1 is 1.74 bits per heavy atom. The maximum absolute atomic E-state index is 12.4. The lowest BCUT2D eigenvalue weighted by molar-refractivity contribution is 0.00349. The molecule has 1 saturated heterocycles. The number of anilines is 1. The van der Waals surface area contributed by atoms with Gasteiger partial charge >= 0.3 is 0 Å². The van der Waals surface area contributed by atoms with E-state index in [1.54, 1.807) is 23.4 Å². The van der Waals surface area contributed by atoms with Crippen molar-refractivity contribution < 1.29 is 9.53 Å². The third-order valence-corrected chi connectivity index (χ3v) is 2.92. The number of pyridine rings is 1. The average molecular weight is 260 g/mol. The Morgan fingerprint density at radius 2 is 2.58 bits per heavy atom. The van der Waals surface area contributed by atoms with Crippen LogP contribution in [0.5, 0.6) is 0 Å². The van der Waals surface area contributed by atoms with Crippen LogP contribution in [0.3, 0.4) is 0 Å². The molecule has 2 rings (SSSR count). The number of morpholine rings is 1. The average Bonchev–Trinajstić information content (AvgIpc) is 2.47. The minimum Gasteiger partial charge on any atom is -0.385 e. The monoisotopic (exact) mass is 260 g/mol. The molecule has 0 aliphatic carbocycles. The molecule has 6 heteroatoms. The van der Waals surface area contributed by atoms with Crippen LogP contribution in [-0.4, -0.2) is 48.1 Å². The molecule has 6 nitrogen and oxygen atoms in total. The van der Waals surface area contributed by atoms with Crippen LogP contribution < -0.4 is 5.32 Å². The van der Waals surface area contributed by atoms with Crippen LogP contribution in [0, 0.1) is 11.3 Å². The molecule has 1 aromatic heterocycles. The molecule has 2 heterocycles. The van der Waals surface area contributed by atoms with E-state index in [1.165, 1.54) is 0 Å². The summed E-state index contributed by atoms with van der Waals surface area (Å²) >= 11 is 0. The second kappa shape index (κ2) is 6.16. The highest BCUT2D eigenvalue weighted by Crippen LogP contribution is 2.17. The summed E-state index contributed by atoms with van der Waals surface area (Å²) in [4.78, 5) is 18.1. The number of ether oxygens (including phenoxy) is 1. The third-order valence-electron chi connectivity index (χ3n) is 2.92. The Morgan fingerprint density at radius 3 is 3.32 bits per heavy atom. The van der Waals surface area contributed by atoms with Gasteiger partial charge in [-0.25, -0.2) is 0 Å². The SMILES string of the molecule is CCNc1ccncc1C(=O)N1CCOC(C#N)C1. The number of nitriles is 1. The summed E-state index contributed by atoms with van der Waals surface area (Å²) in [6.45, 7) is 3.89. The van der Waals surface area contributed by atoms with Crippen molar-refractivity contribution >= 4 is 11.6 Å². The molecule has 1 unspecified atom stereocenters. The van der Waals surface area contributed by atoms with Crippen molar-refractivity contribution in [2.24, 2.45) is 0 Å². The number of nitrogens with zero attached hydrogens (tertiary/aromatic N) is 3. The molecule has 1 aliphatic heterocycles. The van der Waals surface area contributed by atoms with Gasteiger partial charge in [-0.05, 0) is 13.0 Å². The second-order valence-electron chi connectivity index (χ2n) is 4.19. The Bertz CT molecular complexity index is 498. The van der Waals surface area contributed by atoms with E-state index < -0.39 is 6.10 Å². The fourth-order valence-electron chi connectivity index (χ4n) is 1.99. The van der Waals surface area contributed by atoms with E-state index >= 15 is 0 Å². The van der Waals surface area contributed by atoms with Crippen LogP contribution in [0.1, 0.15) is 17.3 Å². The summed E-state index contributed by atoms with van der Waals surface area (Å²) in [5.74, 6) is -0.118. The van der Waals surface area contributed by atoms with Crippen LogP contribution in [0.4, 0.5) is 5.69 Å². The molecule has 1 N–H and O–H groups in total. The molecule has 19 heavy (non-hydrogen) atoms. The van der Waals surface area contributed by atoms with Gasteiger partial charge in [-0.15, -0.1) is 0 Å². The van der Waals surface area contributed by atoms with Gasteiger partial charge in [-0.1, -0.05) is 0 Å². The zero-order valence-electron chi connectivity index (χ0n) is 10.8. The van der Waals surface area contributed by atoms with Crippen molar-refractivity contribution in [2.45, 2.75) is 13.0 Å². The van der Waals surface area contributed by atoms with Crippen molar-refractivity contribution in [3.8, 4) is 6.07 Å². The standard InChI is InChI=1S/C13H16N4O2/c1-2-16-12-3-4-15-8-11(12)13(18)17-5-6-19-10(7-14)9-17/h3-4,8,10H,2,5-6,9H2,1H3,(H,15,16). The Kier molecular flexibility index (Phi) is 4.31. The number of carbonyl (C=O) groups excluding carboxylic acids is 1. The maximum Gasteiger partial charge on any atom is 0.257 e. The van der Waals surface area contributed by atoms with Crippen LogP contribution in [0.2, 0.25) is 0 Å². The van der Waals surface area contributed by atoms with Crippen molar-refractivity contribution in [1.29, 1.82) is 5.26 Å². The van der Waals surface area contributed by atoms with Gasteiger partial charge in [0.1, 0.15) is 0 Å². The van der Waals surface area contributed by atoms with E-state index in [2.05, 4.69) is 10.3 Å². The minimum absolute atomic E-state index is 0.118. The summed E-state index contributed by atoms with van der Waals surface area (Å²) in [7, 11) is 0. The number of hydrogen-bond donors (Lipinski definition) is 1. The molecule has 0 saturated carbocycles. The first-order valence-corrected chi connectivity index (χ1v) is 6.24. The Labute approximate surface area is 112 Å². The first kappa shape index (κ1) is 13.3. The molecule has 1 aromatic rings. The van der Waals surface area contributed by atoms with Crippen molar-refractivity contribution in [3.63, 3.8) is 0 Å². The topological polar surface area (TPSA) is 78.2 Å². The van der Waals surface area contributed by atoms with Gasteiger partial charge in [0.2, 0.25) is 0 Å². The molecular formula is C13H16N4O2. The number of aromatic nitrogens is 1. The zero-order chi connectivity index (χ0) is 13.7. The molecule has 0 bridgehead atoms. The number of nitrogens with one attached hydrogen (secondary N) is 1. The van der Waals surface area contributed by atoms with E-state index in [9.17, 15) is 4.79 Å². The van der Waals surface area contributed by atoms with Gasteiger partial charge in [-0.3, -0.25) is 9.78 Å². The summed E-state index contributed by atoms with van der Waals surface area (Å²) in [6.07, 6.45) is 2.65. The van der Waals surface area contributed by atoms with E-state index in [4.69, 9.17) is 10.00 Å². The highest BCUT2D eigenvalue weighted by molar-refractivity contribution is 5.99. The van der Waals surface area contributed by atoms with E-state index in [0.29, 0.717) is 25.3 Å². The van der Waals surface area contributed by atoms with Gasteiger partial charge in [-0.2, -0.15) is 5.26 Å². The first-order chi connectivity index (χ1) is 9.26. The number of amides is 1. The van der Waals surface area contributed by atoms with E-state index in [-0.39, 0.29) is 5.91 Å². The lowest BCUT2D eigenvalue weighted by Gasteiger charge is -2.30. The fourth-order valence-corrected chi connectivity index (χ4v) is 1.99. The fraction of sp³-hybridized carbons (Fsp3) is 0.462. The highest BCUT2D eigenvalue weighted by Gasteiger charge is 2.26. The third kappa shape index (κ3) is 3.01. The van der Waals surface area contributed by atoms with Crippen molar-refractivity contribution in [1.82, 2.24) is 9.88 Å². The molecule has 1 fully saturated rings. The molecule has 1 amide bonds. The van der Waals surface area contributed by atoms with Crippen LogP contribution in [0.15, 0.2) is 18.5 Å². The summed E-state index contributed by atoms with van der Waals surface area (Å²) in [6, 6.07) is 3.81. The first-order valence-electron chi connectivity index (χ1n) is 6.24. The van der Waals surface area contributed by atoms with Crippen LogP contribution in [-0.2, 0) is 4.74 Å². The molecular weight excluding hydrogens is 244 g/mol. The van der Waals surface area contributed by atoms with Gasteiger partial charge < -0.3 is 15.0 Å².